The number of hydrogen-bond acceptors (Lipinski definition) is 2. The van der Waals surface area contributed by atoms with E-state index in [1.807, 2.05) is 12.1 Å². The van der Waals surface area contributed by atoms with E-state index in [0.29, 0.717) is 29.0 Å². The molecule has 0 saturated heterocycles. The third-order valence-electron chi connectivity index (χ3n) is 4.22. The minimum Gasteiger partial charge on any atom is -0.489 e. The summed E-state index contributed by atoms with van der Waals surface area (Å²) in [5, 5.41) is 0.636. The van der Waals surface area contributed by atoms with Crippen LogP contribution in [0.2, 0.25) is 5.02 Å². The Morgan fingerprint density at radius 3 is 2.16 bits per heavy atom. The SMILES string of the molecule is FC(F)(F)c1cc(N=Cc2ccc(OCc3ccc(Cl)cc3I)cc2)cc(C(F)(F)I)c1. The molecule has 0 aliphatic rings. The molecular weight excluding hydrogens is 678 g/mol. The number of alkyl halides is 6. The molecular formula is C22H13ClF5I2NO. The van der Waals surface area contributed by atoms with Gasteiger partial charge in [-0.15, -0.1) is 0 Å². The summed E-state index contributed by atoms with van der Waals surface area (Å²) < 4.78 is 69.6. The van der Waals surface area contributed by atoms with Crippen molar-refractivity contribution in [3.05, 3.63) is 91.5 Å². The predicted molar refractivity (Wildman–Crippen MR) is 132 cm³/mol. The van der Waals surface area contributed by atoms with E-state index >= 15 is 0 Å². The molecule has 0 radical (unpaired) electrons. The van der Waals surface area contributed by atoms with Crippen molar-refractivity contribution in [2.45, 2.75) is 16.7 Å². The maximum atomic E-state index is 13.6. The molecule has 32 heavy (non-hydrogen) atoms. The van der Waals surface area contributed by atoms with Gasteiger partial charge in [0.2, 0.25) is 0 Å². The minimum absolute atomic E-state index is 0.219. The van der Waals surface area contributed by atoms with Crippen LogP contribution >= 0.6 is 56.8 Å². The summed E-state index contributed by atoms with van der Waals surface area (Å²) in [6.07, 6.45) is -3.46. The summed E-state index contributed by atoms with van der Waals surface area (Å²) in [5.74, 6) is 0.582. The first kappa shape index (κ1) is 25.2. The van der Waals surface area contributed by atoms with Crippen LogP contribution in [-0.4, -0.2) is 6.21 Å². The molecule has 3 rings (SSSR count). The van der Waals surface area contributed by atoms with E-state index in [9.17, 15) is 22.0 Å². The summed E-state index contributed by atoms with van der Waals surface area (Å²) in [7, 11) is 0. The van der Waals surface area contributed by atoms with Gasteiger partial charge in [0.15, 0.2) is 0 Å². The lowest BCUT2D eigenvalue weighted by Crippen LogP contribution is -2.09. The standard InChI is InChI=1S/C22H13ClF5I2NO/c23-17-4-3-14(20(29)10-17)12-32-19-5-1-13(2-6-19)11-31-18-8-15(21(24,25)26)7-16(9-18)22(27,28)30/h1-11H,12H2. The molecule has 0 unspecified atom stereocenters. The molecule has 0 amide bonds. The van der Waals surface area contributed by atoms with Crippen LogP contribution in [0, 0.1) is 3.57 Å². The Hall–Kier alpha value is -1.47. The Kier molecular flexibility index (Phi) is 8.02. The lowest BCUT2D eigenvalue weighted by molar-refractivity contribution is -0.137. The van der Waals surface area contributed by atoms with E-state index in [-0.39, 0.29) is 5.69 Å². The maximum absolute atomic E-state index is 13.6. The van der Waals surface area contributed by atoms with Crippen LogP contribution < -0.4 is 4.74 Å². The zero-order valence-electron chi connectivity index (χ0n) is 15.9. The number of hydrogen-bond donors (Lipinski definition) is 0. The molecule has 0 N–H and O–H groups in total. The van der Waals surface area contributed by atoms with Crippen molar-refractivity contribution in [3.63, 3.8) is 0 Å². The second-order valence-corrected chi connectivity index (χ2v) is 9.57. The van der Waals surface area contributed by atoms with Gasteiger partial charge in [-0.25, -0.2) is 0 Å². The van der Waals surface area contributed by atoms with Gasteiger partial charge in [-0.3, -0.25) is 4.99 Å². The third kappa shape index (κ3) is 7.01. The summed E-state index contributed by atoms with van der Waals surface area (Å²) in [6.45, 7) is 0.334. The van der Waals surface area contributed by atoms with E-state index in [1.54, 1.807) is 30.3 Å². The molecule has 0 fully saturated rings. The second kappa shape index (κ2) is 10.2. The molecule has 168 valence electrons. The van der Waals surface area contributed by atoms with Crippen molar-refractivity contribution in [1.29, 1.82) is 0 Å². The molecule has 0 heterocycles. The van der Waals surface area contributed by atoms with Crippen molar-refractivity contribution >= 4 is 68.7 Å². The number of halogens is 8. The van der Waals surface area contributed by atoms with E-state index in [0.717, 1.165) is 43.9 Å². The first-order valence-electron chi connectivity index (χ1n) is 8.92. The van der Waals surface area contributed by atoms with Crippen LogP contribution in [-0.2, 0) is 16.7 Å². The Balaban J connectivity index is 1.74. The summed E-state index contributed by atoms with van der Waals surface area (Å²) in [4.78, 5) is 3.95. The Morgan fingerprint density at radius 1 is 0.906 bits per heavy atom. The van der Waals surface area contributed by atoms with Crippen LogP contribution in [0.15, 0.2) is 65.7 Å². The number of aliphatic imine (C=N–C) groups is 1. The van der Waals surface area contributed by atoms with Crippen molar-refractivity contribution in [3.8, 4) is 5.75 Å². The molecule has 0 aliphatic heterocycles. The van der Waals surface area contributed by atoms with Gasteiger partial charge in [0.25, 0.3) is 0 Å². The fourth-order valence-electron chi connectivity index (χ4n) is 2.61. The zero-order chi connectivity index (χ0) is 23.5. The van der Waals surface area contributed by atoms with Gasteiger partial charge in [0.1, 0.15) is 12.4 Å². The molecule has 0 atom stereocenters. The smallest absolute Gasteiger partial charge is 0.416 e. The number of rotatable bonds is 6. The topological polar surface area (TPSA) is 21.6 Å². The molecule has 0 spiro atoms. The highest BCUT2D eigenvalue weighted by Gasteiger charge is 2.35. The van der Waals surface area contributed by atoms with Crippen molar-refractivity contribution in [2.75, 3.05) is 0 Å². The fraction of sp³-hybridized carbons (Fsp3) is 0.136. The highest BCUT2D eigenvalue weighted by Crippen LogP contribution is 2.40. The van der Waals surface area contributed by atoms with E-state index in [2.05, 4.69) is 27.6 Å². The van der Waals surface area contributed by atoms with E-state index in [4.69, 9.17) is 16.3 Å². The summed E-state index contributed by atoms with van der Waals surface area (Å²) >= 11 is 8.89. The highest BCUT2D eigenvalue weighted by molar-refractivity contribution is 14.1. The molecule has 2 nitrogen and oxygen atoms in total. The number of ether oxygens (including phenoxy) is 1. The first-order valence-corrected chi connectivity index (χ1v) is 11.5. The lowest BCUT2D eigenvalue weighted by atomic mass is 10.1. The normalized spacial score (nSPS) is 12.4. The van der Waals surface area contributed by atoms with Crippen molar-refractivity contribution < 1.29 is 26.7 Å². The summed E-state index contributed by atoms with van der Waals surface area (Å²) in [5.41, 5.74) is -0.629. The molecule has 10 heteroatoms. The van der Waals surface area contributed by atoms with E-state index < -0.39 is 21.2 Å². The summed E-state index contributed by atoms with van der Waals surface area (Å²) in [6, 6.07) is 14.2. The van der Waals surface area contributed by atoms with Gasteiger partial charge < -0.3 is 4.74 Å². The van der Waals surface area contributed by atoms with Gasteiger partial charge >= 0.3 is 10.1 Å². The quantitative estimate of drug-likeness (QED) is 0.110. The number of nitrogens with zero attached hydrogens (tertiary/aromatic N) is 1. The van der Waals surface area contributed by atoms with Crippen LogP contribution in [0.5, 0.6) is 5.75 Å². The lowest BCUT2D eigenvalue weighted by Gasteiger charge is -2.13. The first-order chi connectivity index (χ1) is 14.9. The van der Waals surface area contributed by atoms with Crippen LogP contribution in [0.25, 0.3) is 0 Å². The molecule has 0 bridgehead atoms. The molecule has 0 aliphatic carbocycles. The second-order valence-electron chi connectivity index (χ2n) is 6.62. The maximum Gasteiger partial charge on any atom is 0.416 e. The van der Waals surface area contributed by atoms with Gasteiger partial charge in [0, 0.05) is 48.5 Å². The van der Waals surface area contributed by atoms with Crippen molar-refractivity contribution in [2.24, 2.45) is 4.99 Å². The van der Waals surface area contributed by atoms with Crippen LogP contribution in [0.1, 0.15) is 22.3 Å². The molecule has 0 saturated carbocycles. The predicted octanol–water partition coefficient (Wildman–Crippen LogP) is 8.78. The van der Waals surface area contributed by atoms with Crippen LogP contribution in [0.3, 0.4) is 0 Å². The van der Waals surface area contributed by atoms with Gasteiger partial charge in [-0.1, -0.05) is 17.7 Å². The molecule has 3 aromatic rings. The molecule has 3 aromatic carbocycles. The highest BCUT2D eigenvalue weighted by atomic mass is 127. The Labute approximate surface area is 213 Å². The third-order valence-corrected chi connectivity index (χ3v) is 6.09. The van der Waals surface area contributed by atoms with Gasteiger partial charge in [-0.2, -0.15) is 22.0 Å². The Bertz CT molecular complexity index is 1100. The van der Waals surface area contributed by atoms with Gasteiger partial charge in [0.05, 0.1) is 11.3 Å². The fourth-order valence-corrected chi connectivity index (χ4v) is 3.95. The average Bonchev–Trinajstić information content (AvgIpc) is 2.71. The van der Waals surface area contributed by atoms with Crippen LogP contribution in [0.4, 0.5) is 27.6 Å². The zero-order valence-corrected chi connectivity index (χ0v) is 21.0. The monoisotopic (exact) mass is 691 g/mol. The largest absolute Gasteiger partial charge is 0.489 e. The van der Waals surface area contributed by atoms with E-state index in [1.165, 1.54) is 6.21 Å². The average molecular weight is 692 g/mol. The Morgan fingerprint density at radius 2 is 1.56 bits per heavy atom. The van der Waals surface area contributed by atoms with Gasteiger partial charge in [-0.05, 0) is 82.8 Å². The minimum atomic E-state index is -4.76. The molecule has 0 aromatic heterocycles. The van der Waals surface area contributed by atoms with Crippen molar-refractivity contribution in [1.82, 2.24) is 0 Å². The number of benzene rings is 3.